The van der Waals surface area contributed by atoms with Crippen molar-refractivity contribution in [3.05, 3.63) is 48.3 Å². The van der Waals surface area contributed by atoms with E-state index in [1.54, 1.807) is 16.9 Å². The number of aromatic hydroxyl groups is 1. The third-order valence-corrected chi connectivity index (χ3v) is 6.65. The molecule has 2 aliphatic carbocycles. The summed E-state index contributed by atoms with van der Waals surface area (Å²) in [6, 6.07) is 10.0. The molecule has 0 aliphatic heterocycles. The zero-order chi connectivity index (χ0) is 20.0. The molecule has 5 rings (SSSR count). The van der Waals surface area contributed by atoms with E-state index in [0.717, 1.165) is 28.9 Å². The van der Waals surface area contributed by atoms with Crippen LogP contribution >= 0.6 is 0 Å². The maximum atomic E-state index is 10.5. The van der Waals surface area contributed by atoms with Gasteiger partial charge in [0.15, 0.2) is 5.82 Å². The van der Waals surface area contributed by atoms with E-state index in [1.807, 2.05) is 37.4 Å². The maximum Gasteiger partial charge on any atom is 0.151 e. The van der Waals surface area contributed by atoms with Gasteiger partial charge in [-0.25, -0.2) is 4.68 Å². The van der Waals surface area contributed by atoms with Crippen molar-refractivity contribution in [3.63, 3.8) is 0 Å². The molecule has 29 heavy (non-hydrogen) atoms. The van der Waals surface area contributed by atoms with Crippen LogP contribution in [-0.4, -0.2) is 38.2 Å². The van der Waals surface area contributed by atoms with Crippen LogP contribution in [0.15, 0.2) is 42.7 Å². The number of benzene rings is 1. The van der Waals surface area contributed by atoms with Gasteiger partial charge in [-0.1, -0.05) is 12.8 Å². The Labute approximate surface area is 171 Å². The summed E-state index contributed by atoms with van der Waals surface area (Å²) in [5, 5.41) is 23.7. The summed E-state index contributed by atoms with van der Waals surface area (Å²) in [7, 11) is 2.14. The Hall–Kier alpha value is -2.89. The molecule has 6 heteroatoms. The minimum absolute atomic E-state index is 0.176. The first-order valence-corrected chi connectivity index (χ1v) is 10.5. The van der Waals surface area contributed by atoms with Crippen LogP contribution < -0.4 is 4.90 Å². The van der Waals surface area contributed by atoms with Gasteiger partial charge in [-0.2, -0.15) is 5.10 Å². The molecule has 2 saturated carbocycles. The molecule has 0 amide bonds. The van der Waals surface area contributed by atoms with E-state index in [9.17, 15) is 5.11 Å². The second kappa shape index (κ2) is 7.17. The van der Waals surface area contributed by atoms with Crippen molar-refractivity contribution in [3.8, 4) is 22.7 Å². The summed E-state index contributed by atoms with van der Waals surface area (Å²) in [5.74, 6) is 2.86. The predicted molar refractivity (Wildman–Crippen MR) is 113 cm³/mol. The summed E-state index contributed by atoms with van der Waals surface area (Å²) in [5.41, 5.74) is 3.24. The Kier molecular flexibility index (Phi) is 4.49. The van der Waals surface area contributed by atoms with Crippen molar-refractivity contribution >= 4 is 5.82 Å². The monoisotopic (exact) mass is 389 g/mol. The third-order valence-electron chi connectivity index (χ3n) is 6.65. The van der Waals surface area contributed by atoms with Crippen molar-refractivity contribution in [2.45, 2.75) is 45.1 Å². The van der Waals surface area contributed by atoms with Gasteiger partial charge < -0.3 is 10.0 Å². The third kappa shape index (κ3) is 3.48. The molecular weight excluding hydrogens is 362 g/mol. The van der Waals surface area contributed by atoms with E-state index in [4.69, 9.17) is 0 Å². The molecule has 0 radical (unpaired) electrons. The number of hydrogen-bond acceptors (Lipinski definition) is 5. The Morgan fingerprint density at radius 3 is 2.45 bits per heavy atom. The molecular formula is C23H27N5O. The molecule has 0 saturated heterocycles. The van der Waals surface area contributed by atoms with Crippen molar-refractivity contribution in [2.24, 2.45) is 11.8 Å². The first-order valence-electron chi connectivity index (χ1n) is 10.5. The molecule has 0 spiro atoms. The molecule has 2 bridgehead atoms. The van der Waals surface area contributed by atoms with Crippen LogP contribution in [0.25, 0.3) is 16.9 Å². The zero-order valence-electron chi connectivity index (χ0n) is 17.0. The summed E-state index contributed by atoms with van der Waals surface area (Å²) < 4.78 is 1.75. The molecule has 2 aliphatic rings. The van der Waals surface area contributed by atoms with Crippen LogP contribution in [0, 0.1) is 18.8 Å². The SMILES string of the molecule is Cc1cnn(-c2ccc(-c3ccc(N(C)C4CC5CC[C@@H](C5)C4)nn3)c(O)c2)c1. The van der Waals surface area contributed by atoms with Crippen LogP contribution in [0.3, 0.4) is 0 Å². The lowest BCUT2D eigenvalue weighted by Crippen LogP contribution is -2.37. The van der Waals surface area contributed by atoms with Gasteiger partial charge in [-0.3, -0.25) is 0 Å². The Bertz CT molecular complexity index is 1000. The standard InChI is InChI=1S/C23H27N5O/c1-15-13-24-28(14-15)18-5-6-20(22(29)12-18)21-7-8-23(26-25-21)27(2)19-10-16-3-4-17(9-16)11-19/h5-8,12-14,16-17,19,29H,3-4,9-11H2,1-2H3/t16-,17?,19?/m0/s1. The lowest BCUT2D eigenvalue weighted by atomic mass is 9.85. The maximum absolute atomic E-state index is 10.5. The van der Waals surface area contributed by atoms with Gasteiger partial charge in [0.2, 0.25) is 0 Å². The fourth-order valence-corrected chi connectivity index (χ4v) is 5.07. The van der Waals surface area contributed by atoms with E-state index in [1.165, 1.54) is 32.1 Å². The molecule has 3 aromatic rings. The smallest absolute Gasteiger partial charge is 0.151 e. The van der Waals surface area contributed by atoms with Gasteiger partial charge >= 0.3 is 0 Å². The highest BCUT2D eigenvalue weighted by atomic mass is 16.3. The fraction of sp³-hybridized carbons (Fsp3) is 0.435. The molecule has 1 aromatic carbocycles. The van der Waals surface area contributed by atoms with Crippen LogP contribution in [0.2, 0.25) is 0 Å². The Balaban J connectivity index is 1.34. The van der Waals surface area contributed by atoms with Crippen molar-refractivity contribution in [2.75, 3.05) is 11.9 Å². The Morgan fingerprint density at radius 2 is 1.83 bits per heavy atom. The zero-order valence-corrected chi connectivity index (χ0v) is 17.0. The van der Waals surface area contributed by atoms with Crippen LogP contribution in [0.1, 0.15) is 37.7 Å². The van der Waals surface area contributed by atoms with Gasteiger partial charge in [0.05, 0.1) is 17.6 Å². The highest BCUT2D eigenvalue weighted by Gasteiger charge is 2.36. The quantitative estimate of drug-likeness (QED) is 0.718. The van der Waals surface area contributed by atoms with Gasteiger partial charge in [0.25, 0.3) is 0 Å². The van der Waals surface area contributed by atoms with Gasteiger partial charge in [-0.15, -0.1) is 10.2 Å². The molecule has 2 unspecified atom stereocenters. The number of rotatable bonds is 4. The number of fused-ring (bicyclic) bond motifs is 2. The first kappa shape index (κ1) is 18.2. The minimum atomic E-state index is 0.176. The molecule has 6 nitrogen and oxygen atoms in total. The predicted octanol–water partition coefficient (Wildman–Crippen LogP) is 4.36. The van der Waals surface area contributed by atoms with Crippen LogP contribution in [0.5, 0.6) is 5.75 Å². The molecule has 2 fully saturated rings. The number of phenolic OH excluding ortho intramolecular Hbond substituents is 1. The number of aromatic nitrogens is 4. The summed E-state index contributed by atoms with van der Waals surface area (Å²) in [4.78, 5) is 2.30. The number of hydrogen-bond donors (Lipinski definition) is 1. The molecule has 150 valence electrons. The van der Waals surface area contributed by atoms with Crippen LogP contribution in [-0.2, 0) is 0 Å². The molecule has 2 heterocycles. The van der Waals surface area contributed by atoms with Crippen LogP contribution in [0.4, 0.5) is 5.82 Å². The van der Waals surface area contributed by atoms with Crippen molar-refractivity contribution in [1.82, 2.24) is 20.0 Å². The number of phenols is 1. The highest BCUT2D eigenvalue weighted by molar-refractivity contribution is 5.69. The summed E-state index contributed by atoms with van der Waals surface area (Å²) >= 11 is 0. The summed E-state index contributed by atoms with van der Waals surface area (Å²) in [6.45, 7) is 1.99. The lowest BCUT2D eigenvalue weighted by molar-refractivity contribution is 0.312. The number of nitrogens with zero attached hydrogens (tertiary/aromatic N) is 5. The van der Waals surface area contributed by atoms with E-state index in [2.05, 4.69) is 27.2 Å². The number of anilines is 1. The van der Waals surface area contributed by atoms with Gasteiger partial charge in [-0.05, 0) is 67.9 Å². The minimum Gasteiger partial charge on any atom is -0.507 e. The second-order valence-corrected chi connectivity index (χ2v) is 8.72. The average molecular weight is 390 g/mol. The fourth-order valence-electron chi connectivity index (χ4n) is 5.07. The van der Waals surface area contributed by atoms with Gasteiger partial charge in [0.1, 0.15) is 5.75 Å². The largest absolute Gasteiger partial charge is 0.507 e. The molecule has 3 atom stereocenters. The second-order valence-electron chi connectivity index (χ2n) is 8.72. The average Bonchev–Trinajstić information content (AvgIpc) is 3.32. The van der Waals surface area contributed by atoms with E-state index in [0.29, 0.717) is 17.3 Å². The molecule has 2 aromatic heterocycles. The summed E-state index contributed by atoms with van der Waals surface area (Å²) in [6.07, 6.45) is 10.5. The van der Waals surface area contributed by atoms with Crippen molar-refractivity contribution < 1.29 is 5.11 Å². The number of aryl methyl sites for hydroxylation is 1. The van der Waals surface area contributed by atoms with Gasteiger partial charge in [0, 0.05) is 30.9 Å². The van der Waals surface area contributed by atoms with E-state index < -0.39 is 0 Å². The van der Waals surface area contributed by atoms with Crippen molar-refractivity contribution in [1.29, 1.82) is 0 Å². The first-order chi connectivity index (χ1) is 14.1. The van der Waals surface area contributed by atoms with E-state index >= 15 is 0 Å². The Morgan fingerprint density at radius 1 is 1.03 bits per heavy atom. The normalized spacial score (nSPS) is 23.3. The highest BCUT2D eigenvalue weighted by Crippen LogP contribution is 2.43. The molecule has 1 N–H and O–H groups in total. The lowest BCUT2D eigenvalue weighted by Gasteiger charge is -2.35. The topological polar surface area (TPSA) is 67.1 Å². The van der Waals surface area contributed by atoms with E-state index in [-0.39, 0.29) is 5.75 Å².